The van der Waals surface area contributed by atoms with Crippen molar-refractivity contribution in [1.29, 1.82) is 0 Å². The van der Waals surface area contributed by atoms with E-state index < -0.39 is 0 Å². The SMILES string of the molecule is CCC(CO)NC(=O)C1(C)CCNC1. The molecule has 0 bridgehead atoms. The largest absolute Gasteiger partial charge is 0.394 e. The van der Waals surface area contributed by atoms with Gasteiger partial charge in [0, 0.05) is 6.54 Å². The lowest BCUT2D eigenvalue weighted by Crippen LogP contribution is -2.46. The van der Waals surface area contributed by atoms with Crippen LogP contribution in [0, 0.1) is 5.41 Å². The van der Waals surface area contributed by atoms with Gasteiger partial charge in [-0.2, -0.15) is 0 Å². The van der Waals surface area contributed by atoms with E-state index in [0.29, 0.717) is 0 Å². The molecule has 4 heteroatoms. The smallest absolute Gasteiger partial charge is 0.227 e. The molecule has 1 aliphatic rings. The summed E-state index contributed by atoms with van der Waals surface area (Å²) in [6.07, 6.45) is 1.65. The third kappa shape index (κ3) is 2.45. The van der Waals surface area contributed by atoms with Gasteiger partial charge < -0.3 is 15.7 Å². The Morgan fingerprint density at radius 2 is 2.43 bits per heavy atom. The molecule has 1 saturated heterocycles. The molecule has 3 N–H and O–H groups in total. The van der Waals surface area contributed by atoms with Gasteiger partial charge in [0.15, 0.2) is 0 Å². The molecule has 1 rings (SSSR count). The first-order valence-electron chi connectivity index (χ1n) is 5.25. The van der Waals surface area contributed by atoms with Crippen molar-refractivity contribution in [2.24, 2.45) is 5.41 Å². The van der Waals surface area contributed by atoms with Crippen LogP contribution in [0.2, 0.25) is 0 Å². The molecule has 1 heterocycles. The van der Waals surface area contributed by atoms with E-state index in [4.69, 9.17) is 5.11 Å². The minimum atomic E-state index is -0.289. The van der Waals surface area contributed by atoms with Crippen LogP contribution in [0.25, 0.3) is 0 Å². The minimum absolute atomic E-state index is 0.0196. The van der Waals surface area contributed by atoms with Crippen molar-refractivity contribution in [1.82, 2.24) is 10.6 Å². The van der Waals surface area contributed by atoms with Gasteiger partial charge in [-0.25, -0.2) is 0 Å². The van der Waals surface area contributed by atoms with Crippen LogP contribution in [0.15, 0.2) is 0 Å². The van der Waals surface area contributed by atoms with Crippen LogP contribution in [0.4, 0.5) is 0 Å². The predicted molar refractivity (Wildman–Crippen MR) is 54.9 cm³/mol. The van der Waals surface area contributed by atoms with Crippen LogP contribution >= 0.6 is 0 Å². The molecule has 1 aliphatic heterocycles. The second-order valence-corrected chi connectivity index (χ2v) is 4.25. The van der Waals surface area contributed by atoms with E-state index in [1.54, 1.807) is 0 Å². The zero-order chi connectivity index (χ0) is 10.6. The average molecular weight is 200 g/mol. The molecule has 0 aromatic rings. The van der Waals surface area contributed by atoms with Gasteiger partial charge in [-0.15, -0.1) is 0 Å². The fourth-order valence-corrected chi connectivity index (χ4v) is 1.65. The summed E-state index contributed by atoms with van der Waals surface area (Å²) in [4.78, 5) is 11.8. The molecule has 0 aliphatic carbocycles. The first-order chi connectivity index (χ1) is 6.62. The van der Waals surface area contributed by atoms with Crippen LogP contribution in [-0.4, -0.2) is 36.8 Å². The normalized spacial score (nSPS) is 28.8. The summed E-state index contributed by atoms with van der Waals surface area (Å²) >= 11 is 0. The molecule has 1 fully saturated rings. The Hall–Kier alpha value is -0.610. The van der Waals surface area contributed by atoms with Crippen molar-refractivity contribution in [3.8, 4) is 0 Å². The summed E-state index contributed by atoms with van der Waals surface area (Å²) in [5.41, 5.74) is -0.289. The van der Waals surface area contributed by atoms with Crippen molar-refractivity contribution < 1.29 is 9.90 Å². The monoisotopic (exact) mass is 200 g/mol. The van der Waals surface area contributed by atoms with Crippen molar-refractivity contribution in [3.05, 3.63) is 0 Å². The Morgan fingerprint density at radius 3 is 2.86 bits per heavy atom. The van der Waals surface area contributed by atoms with E-state index in [1.807, 2.05) is 13.8 Å². The summed E-state index contributed by atoms with van der Waals surface area (Å²) in [5.74, 6) is 0.0587. The maximum atomic E-state index is 11.8. The Labute approximate surface area is 85.1 Å². The molecule has 0 aromatic heterocycles. The first kappa shape index (κ1) is 11.5. The van der Waals surface area contributed by atoms with Crippen molar-refractivity contribution in [2.45, 2.75) is 32.7 Å². The third-order valence-corrected chi connectivity index (χ3v) is 2.97. The second kappa shape index (κ2) is 4.75. The van der Waals surface area contributed by atoms with Gasteiger partial charge in [-0.3, -0.25) is 4.79 Å². The zero-order valence-electron chi connectivity index (χ0n) is 8.97. The van der Waals surface area contributed by atoms with Crippen LogP contribution in [-0.2, 0) is 4.79 Å². The van der Waals surface area contributed by atoms with E-state index in [-0.39, 0.29) is 24.0 Å². The van der Waals surface area contributed by atoms with Gasteiger partial charge in [0.2, 0.25) is 5.91 Å². The highest BCUT2D eigenvalue weighted by atomic mass is 16.3. The van der Waals surface area contributed by atoms with Gasteiger partial charge in [0.05, 0.1) is 18.1 Å². The maximum absolute atomic E-state index is 11.8. The lowest BCUT2D eigenvalue weighted by Gasteiger charge is -2.24. The molecule has 14 heavy (non-hydrogen) atoms. The van der Waals surface area contributed by atoms with Crippen molar-refractivity contribution in [2.75, 3.05) is 19.7 Å². The van der Waals surface area contributed by atoms with Crippen molar-refractivity contribution in [3.63, 3.8) is 0 Å². The molecule has 2 atom stereocenters. The first-order valence-corrected chi connectivity index (χ1v) is 5.25. The number of aliphatic hydroxyl groups excluding tert-OH is 1. The van der Waals surface area contributed by atoms with Gasteiger partial charge in [0.1, 0.15) is 0 Å². The minimum Gasteiger partial charge on any atom is -0.394 e. The maximum Gasteiger partial charge on any atom is 0.227 e. The molecule has 82 valence electrons. The standard InChI is InChI=1S/C10H20N2O2/c1-3-8(6-13)12-9(14)10(2)4-5-11-7-10/h8,11,13H,3-7H2,1-2H3,(H,12,14). The summed E-state index contributed by atoms with van der Waals surface area (Å²) in [6.45, 7) is 5.58. The van der Waals surface area contributed by atoms with E-state index >= 15 is 0 Å². The number of nitrogens with one attached hydrogen (secondary N) is 2. The van der Waals surface area contributed by atoms with Crippen LogP contribution in [0.5, 0.6) is 0 Å². The zero-order valence-corrected chi connectivity index (χ0v) is 8.97. The number of hydrogen-bond donors (Lipinski definition) is 3. The fourth-order valence-electron chi connectivity index (χ4n) is 1.65. The van der Waals surface area contributed by atoms with Crippen LogP contribution in [0.3, 0.4) is 0 Å². The van der Waals surface area contributed by atoms with Crippen LogP contribution in [0.1, 0.15) is 26.7 Å². The molecule has 1 amide bonds. The number of rotatable bonds is 4. The Balaban J connectivity index is 2.48. The molecular formula is C10H20N2O2. The van der Waals surface area contributed by atoms with E-state index in [1.165, 1.54) is 0 Å². The van der Waals surface area contributed by atoms with Crippen LogP contribution < -0.4 is 10.6 Å². The summed E-state index contributed by atoms with van der Waals surface area (Å²) in [7, 11) is 0. The van der Waals surface area contributed by atoms with Crippen molar-refractivity contribution >= 4 is 5.91 Å². The quantitative estimate of drug-likeness (QED) is 0.592. The molecular weight excluding hydrogens is 180 g/mol. The Kier molecular flexibility index (Phi) is 3.89. The average Bonchev–Trinajstić information content (AvgIpc) is 2.62. The van der Waals surface area contributed by atoms with E-state index in [2.05, 4.69) is 10.6 Å². The third-order valence-electron chi connectivity index (χ3n) is 2.97. The molecule has 0 radical (unpaired) electrons. The predicted octanol–water partition coefficient (Wildman–Crippen LogP) is -0.127. The molecule has 0 saturated carbocycles. The molecule has 4 nitrogen and oxygen atoms in total. The number of carbonyl (C=O) groups excluding carboxylic acids is 1. The number of aliphatic hydroxyl groups is 1. The molecule has 0 aromatic carbocycles. The lowest BCUT2D eigenvalue weighted by atomic mass is 9.88. The Morgan fingerprint density at radius 1 is 1.71 bits per heavy atom. The number of amides is 1. The fraction of sp³-hybridized carbons (Fsp3) is 0.900. The number of hydrogen-bond acceptors (Lipinski definition) is 3. The van der Waals surface area contributed by atoms with Gasteiger partial charge >= 0.3 is 0 Å². The summed E-state index contributed by atoms with van der Waals surface area (Å²) < 4.78 is 0. The van der Waals surface area contributed by atoms with Gasteiger partial charge in [-0.05, 0) is 26.3 Å². The highest BCUT2D eigenvalue weighted by Crippen LogP contribution is 2.24. The highest BCUT2D eigenvalue weighted by molar-refractivity contribution is 5.83. The van der Waals surface area contributed by atoms with E-state index in [9.17, 15) is 4.79 Å². The summed E-state index contributed by atoms with van der Waals surface area (Å²) in [6, 6.07) is -0.0973. The van der Waals surface area contributed by atoms with Gasteiger partial charge in [-0.1, -0.05) is 6.92 Å². The van der Waals surface area contributed by atoms with E-state index in [0.717, 1.165) is 25.9 Å². The molecule has 0 spiro atoms. The second-order valence-electron chi connectivity index (χ2n) is 4.25. The number of carbonyl (C=O) groups is 1. The Bertz CT molecular complexity index is 196. The topological polar surface area (TPSA) is 61.4 Å². The summed E-state index contributed by atoms with van der Waals surface area (Å²) in [5, 5.41) is 15.0. The highest BCUT2D eigenvalue weighted by Gasteiger charge is 2.36. The molecule has 2 unspecified atom stereocenters. The van der Waals surface area contributed by atoms with Gasteiger partial charge in [0.25, 0.3) is 0 Å². The lowest BCUT2D eigenvalue weighted by molar-refractivity contribution is -0.130.